The van der Waals surface area contributed by atoms with E-state index in [1.165, 1.54) is 12.1 Å². The fourth-order valence-corrected chi connectivity index (χ4v) is 2.79. The van der Waals surface area contributed by atoms with E-state index in [9.17, 15) is 4.39 Å². The van der Waals surface area contributed by atoms with Crippen molar-refractivity contribution in [2.75, 3.05) is 38.1 Å². The van der Waals surface area contributed by atoms with E-state index in [2.05, 4.69) is 30.3 Å². The number of hydrogen-bond acceptors (Lipinski definition) is 4. The number of benzene rings is 1. The number of nitrogens with one attached hydrogen (secondary N) is 1. The SMILES string of the molecule is CN=C(NCc1nncn1C)N1CCN(c2ccc(F)cc2)CC1.I. The van der Waals surface area contributed by atoms with Crippen LogP contribution in [0.1, 0.15) is 5.82 Å². The van der Waals surface area contributed by atoms with Crippen LogP contribution in [0.3, 0.4) is 0 Å². The van der Waals surface area contributed by atoms with Crippen LogP contribution in [-0.4, -0.2) is 58.9 Å². The molecule has 0 radical (unpaired) electrons. The van der Waals surface area contributed by atoms with Crippen molar-refractivity contribution in [3.05, 3.63) is 42.2 Å². The molecule has 0 unspecified atom stereocenters. The molecular weight excluding hydrogens is 436 g/mol. The lowest BCUT2D eigenvalue weighted by Crippen LogP contribution is -2.52. The molecule has 1 saturated heterocycles. The van der Waals surface area contributed by atoms with Gasteiger partial charge in [-0.3, -0.25) is 4.99 Å². The first kappa shape index (κ1) is 19.4. The Morgan fingerprint density at radius 2 is 1.88 bits per heavy atom. The minimum absolute atomic E-state index is 0. The van der Waals surface area contributed by atoms with E-state index in [1.54, 1.807) is 13.4 Å². The molecule has 3 rings (SSSR count). The van der Waals surface area contributed by atoms with Crippen LogP contribution in [-0.2, 0) is 13.6 Å². The van der Waals surface area contributed by atoms with Crippen molar-refractivity contribution in [1.82, 2.24) is 25.0 Å². The molecule has 1 aliphatic rings. The number of aryl methyl sites for hydroxylation is 1. The number of anilines is 1. The summed E-state index contributed by atoms with van der Waals surface area (Å²) in [6.07, 6.45) is 1.68. The number of aromatic nitrogens is 3. The van der Waals surface area contributed by atoms with Gasteiger partial charge in [0.05, 0.1) is 6.54 Å². The van der Waals surface area contributed by atoms with Crippen LogP contribution >= 0.6 is 24.0 Å². The number of halogens is 2. The molecule has 0 atom stereocenters. The monoisotopic (exact) mass is 459 g/mol. The van der Waals surface area contributed by atoms with Gasteiger partial charge >= 0.3 is 0 Å². The summed E-state index contributed by atoms with van der Waals surface area (Å²) in [5, 5.41) is 11.3. The second kappa shape index (κ2) is 8.97. The molecule has 0 amide bonds. The minimum Gasteiger partial charge on any atom is -0.368 e. The minimum atomic E-state index is -0.203. The Balaban J connectivity index is 0.00000225. The van der Waals surface area contributed by atoms with Gasteiger partial charge in [0.2, 0.25) is 0 Å². The molecule has 7 nitrogen and oxygen atoms in total. The quantitative estimate of drug-likeness (QED) is 0.428. The molecule has 1 N–H and O–H groups in total. The number of piperazine rings is 1. The summed E-state index contributed by atoms with van der Waals surface area (Å²) >= 11 is 0. The Kier molecular flexibility index (Phi) is 6.97. The zero-order valence-corrected chi connectivity index (χ0v) is 16.7. The maximum atomic E-state index is 13.0. The Bertz CT molecular complexity index is 693. The third kappa shape index (κ3) is 4.80. The van der Waals surface area contributed by atoms with Gasteiger partial charge in [-0.25, -0.2) is 4.39 Å². The molecule has 1 aromatic heterocycles. The van der Waals surface area contributed by atoms with Gasteiger partial charge in [-0.05, 0) is 24.3 Å². The van der Waals surface area contributed by atoms with E-state index in [-0.39, 0.29) is 29.8 Å². The van der Waals surface area contributed by atoms with Gasteiger partial charge in [0.25, 0.3) is 0 Å². The standard InChI is InChI=1S/C16H22FN7.HI/c1-18-16(19-11-15-21-20-12-22(15)2)24-9-7-23(8-10-24)14-5-3-13(17)4-6-14;/h3-6,12H,7-11H2,1-2H3,(H,18,19);1H. The lowest BCUT2D eigenvalue weighted by Gasteiger charge is -2.37. The van der Waals surface area contributed by atoms with Crippen LogP contribution < -0.4 is 10.2 Å². The fraction of sp³-hybridized carbons (Fsp3) is 0.438. The molecule has 2 heterocycles. The molecule has 9 heteroatoms. The summed E-state index contributed by atoms with van der Waals surface area (Å²) in [5.41, 5.74) is 1.05. The van der Waals surface area contributed by atoms with Crippen molar-refractivity contribution in [1.29, 1.82) is 0 Å². The highest BCUT2D eigenvalue weighted by atomic mass is 127. The van der Waals surface area contributed by atoms with Gasteiger partial charge in [-0.2, -0.15) is 0 Å². The predicted octanol–water partition coefficient (Wildman–Crippen LogP) is 1.47. The van der Waals surface area contributed by atoms with Crippen LogP contribution in [0.4, 0.5) is 10.1 Å². The Morgan fingerprint density at radius 1 is 1.20 bits per heavy atom. The number of rotatable bonds is 3. The van der Waals surface area contributed by atoms with Crippen LogP contribution in [0.5, 0.6) is 0 Å². The second-order valence-corrected chi connectivity index (χ2v) is 5.71. The van der Waals surface area contributed by atoms with Gasteiger partial charge < -0.3 is 19.7 Å². The average molecular weight is 459 g/mol. The Labute approximate surface area is 164 Å². The van der Waals surface area contributed by atoms with Crippen LogP contribution in [0.15, 0.2) is 35.6 Å². The van der Waals surface area contributed by atoms with Crippen LogP contribution in [0.25, 0.3) is 0 Å². The summed E-state index contributed by atoms with van der Waals surface area (Å²) in [4.78, 5) is 8.83. The maximum absolute atomic E-state index is 13.0. The van der Waals surface area contributed by atoms with E-state index >= 15 is 0 Å². The van der Waals surface area contributed by atoms with Crippen molar-refractivity contribution in [2.45, 2.75) is 6.54 Å². The van der Waals surface area contributed by atoms with Gasteiger partial charge in [-0.15, -0.1) is 34.2 Å². The van der Waals surface area contributed by atoms with Crippen molar-refractivity contribution in [3.8, 4) is 0 Å². The van der Waals surface area contributed by atoms with E-state index in [0.717, 1.165) is 43.7 Å². The maximum Gasteiger partial charge on any atom is 0.194 e. The molecular formula is C16H23FIN7. The molecule has 1 aromatic carbocycles. The van der Waals surface area contributed by atoms with Crippen molar-refractivity contribution < 1.29 is 4.39 Å². The van der Waals surface area contributed by atoms with Crippen molar-refractivity contribution in [2.24, 2.45) is 12.0 Å². The number of nitrogens with zero attached hydrogens (tertiary/aromatic N) is 6. The molecule has 136 valence electrons. The summed E-state index contributed by atoms with van der Waals surface area (Å²) in [5.74, 6) is 1.52. The summed E-state index contributed by atoms with van der Waals surface area (Å²) in [7, 11) is 3.70. The molecule has 25 heavy (non-hydrogen) atoms. The molecule has 0 bridgehead atoms. The molecule has 0 spiro atoms. The summed E-state index contributed by atoms with van der Waals surface area (Å²) in [6.45, 7) is 4.04. The van der Waals surface area contributed by atoms with E-state index < -0.39 is 0 Å². The highest BCUT2D eigenvalue weighted by molar-refractivity contribution is 14.0. The predicted molar refractivity (Wildman–Crippen MR) is 107 cm³/mol. The van der Waals surface area contributed by atoms with E-state index in [4.69, 9.17) is 0 Å². The first-order chi connectivity index (χ1) is 11.7. The second-order valence-electron chi connectivity index (χ2n) is 5.71. The summed E-state index contributed by atoms with van der Waals surface area (Å²) < 4.78 is 14.9. The van der Waals surface area contributed by atoms with Crippen LogP contribution in [0.2, 0.25) is 0 Å². The number of hydrogen-bond donors (Lipinski definition) is 1. The number of guanidine groups is 1. The highest BCUT2D eigenvalue weighted by Crippen LogP contribution is 2.16. The van der Waals surface area contributed by atoms with Crippen molar-refractivity contribution in [3.63, 3.8) is 0 Å². The first-order valence-electron chi connectivity index (χ1n) is 7.96. The molecule has 0 saturated carbocycles. The van der Waals surface area contributed by atoms with E-state index in [0.29, 0.717) is 6.54 Å². The zero-order valence-electron chi connectivity index (χ0n) is 14.4. The zero-order chi connectivity index (χ0) is 16.9. The highest BCUT2D eigenvalue weighted by Gasteiger charge is 2.20. The summed E-state index contributed by atoms with van der Waals surface area (Å²) in [6, 6.07) is 6.66. The molecule has 1 aliphatic heterocycles. The third-order valence-electron chi connectivity index (χ3n) is 4.19. The number of aliphatic imine (C=N–C) groups is 1. The molecule has 0 aliphatic carbocycles. The Hall–Kier alpha value is -1.91. The smallest absolute Gasteiger partial charge is 0.194 e. The van der Waals surface area contributed by atoms with Crippen molar-refractivity contribution >= 4 is 35.6 Å². The lowest BCUT2D eigenvalue weighted by atomic mass is 10.2. The van der Waals surface area contributed by atoms with Gasteiger partial charge in [0, 0.05) is 46.0 Å². The van der Waals surface area contributed by atoms with Gasteiger partial charge in [-0.1, -0.05) is 0 Å². The fourth-order valence-electron chi connectivity index (χ4n) is 2.79. The van der Waals surface area contributed by atoms with E-state index in [1.807, 2.05) is 23.7 Å². The van der Waals surface area contributed by atoms with Crippen LogP contribution in [0, 0.1) is 5.82 Å². The van der Waals surface area contributed by atoms with Gasteiger partial charge in [0.1, 0.15) is 12.1 Å². The normalized spacial score (nSPS) is 15.1. The third-order valence-corrected chi connectivity index (χ3v) is 4.19. The van der Waals surface area contributed by atoms with Gasteiger partial charge in [0.15, 0.2) is 11.8 Å². The average Bonchev–Trinajstić information content (AvgIpc) is 3.02. The lowest BCUT2D eigenvalue weighted by molar-refractivity contribution is 0.371. The largest absolute Gasteiger partial charge is 0.368 e. The topological polar surface area (TPSA) is 61.6 Å². The molecule has 1 fully saturated rings. The first-order valence-corrected chi connectivity index (χ1v) is 7.96. The Morgan fingerprint density at radius 3 is 2.44 bits per heavy atom. The molecule has 2 aromatic rings.